The number of aryl methyl sites for hydroxylation is 1. The van der Waals surface area contributed by atoms with Gasteiger partial charge in [-0.05, 0) is 55.4 Å². The number of nitrogens with one attached hydrogen (secondary N) is 2. The van der Waals surface area contributed by atoms with Crippen LogP contribution in [0, 0.1) is 12.8 Å². The summed E-state index contributed by atoms with van der Waals surface area (Å²) in [6.45, 7) is 4.63. The molecule has 1 fully saturated rings. The van der Waals surface area contributed by atoms with Crippen molar-refractivity contribution in [2.24, 2.45) is 5.92 Å². The van der Waals surface area contributed by atoms with Gasteiger partial charge in [-0.25, -0.2) is 0 Å². The Morgan fingerprint density at radius 1 is 1.16 bits per heavy atom. The van der Waals surface area contributed by atoms with Crippen molar-refractivity contribution in [3.8, 4) is 0 Å². The first-order valence-electron chi connectivity index (χ1n) is 9.03. The van der Waals surface area contributed by atoms with Gasteiger partial charge in [0.25, 0.3) is 5.91 Å². The van der Waals surface area contributed by atoms with Crippen LogP contribution in [-0.2, 0) is 11.2 Å². The average molecular weight is 358 g/mol. The maximum absolute atomic E-state index is 12.3. The number of carbonyl (C=O) groups is 1. The standard InChI is InChI=1S/C21H25ClN2O/c1-16-7-8-19(14-20(16)22)23-21(25)15-24-11-9-18(10-12-24)13-17-5-3-2-4-6-17/h2-8,14,18H,9-13,15H2,1H3,(H,23,25)/p+1. The van der Waals surface area contributed by atoms with Crippen LogP contribution >= 0.6 is 11.6 Å². The average Bonchev–Trinajstić information content (AvgIpc) is 2.61. The lowest BCUT2D eigenvalue weighted by atomic mass is 9.90. The molecule has 0 unspecified atom stereocenters. The van der Waals surface area contributed by atoms with Crippen LogP contribution in [0.1, 0.15) is 24.0 Å². The Labute approximate surface area is 155 Å². The number of hydrogen-bond donors (Lipinski definition) is 2. The van der Waals surface area contributed by atoms with Crippen molar-refractivity contribution in [1.29, 1.82) is 0 Å². The number of hydrogen-bond acceptors (Lipinski definition) is 1. The number of rotatable bonds is 5. The summed E-state index contributed by atoms with van der Waals surface area (Å²) in [5, 5.41) is 3.65. The molecule has 2 aromatic carbocycles. The molecule has 0 spiro atoms. The van der Waals surface area contributed by atoms with E-state index in [1.165, 1.54) is 23.3 Å². The van der Waals surface area contributed by atoms with Crippen LogP contribution in [0.5, 0.6) is 0 Å². The van der Waals surface area contributed by atoms with Gasteiger partial charge in [-0.15, -0.1) is 0 Å². The second kappa shape index (κ2) is 8.50. The first kappa shape index (κ1) is 18.0. The molecule has 0 saturated carbocycles. The lowest BCUT2D eigenvalue weighted by Gasteiger charge is -2.29. The largest absolute Gasteiger partial charge is 0.327 e. The van der Waals surface area contributed by atoms with Gasteiger partial charge in [0.1, 0.15) is 0 Å². The SMILES string of the molecule is Cc1ccc(NC(=O)C[NH+]2CCC(Cc3ccccc3)CC2)cc1Cl. The van der Waals surface area contributed by atoms with Crippen LogP contribution < -0.4 is 10.2 Å². The highest BCUT2D eigenvalue weighted by Gasteiger charge is 2.24. The predicted octanol–water partition coefficient (Wildman–Crippen LogP) is 3.12. The smallest absolute Gasteiger partial charge is 0.279 e. The molecule has 0 radical (unpaired) electrons. The number of quaternary nitrogens is 1. The Kier molecular flexibility index (Phi) is 6.11. The van der Waals surface area contributed by atoms with E-state index in [1.807, 2.05) is 25.1 Å². The minimum Gasteiger partial charge on any atom is -0.327 e. The van der Waals surface area contributed by atoms with Crippen LogP contribution in [0.25, 0.3) is 0 Å². The van der Waals surface area contributed by atoms with E-state index >= 15 is 0 Å². The van der Waals surface area contributed by atoms with Gasteiger partial charge in [-0.1, -0.05) is 48.0 Å². The second-order valence-electron chi connectivity index (χ2n) is 7.07. The highest BCUT2D eigenvalue weighted by atomic mass is 35.5. The van der Waals surface area contributed by atoms with E-state index in [0.29, 0.717) is 11.6 Å². The third kappa shape index (κ3) is 5.32. The Bertz CT molecular complexity index is 709. The molecule has 1 heterocycles. The minimum atomic E-state index is 0.0661. The summed E-state index contributed by atoms with van der Waals surface area (Å²) < 4.78 is 0. The molecule has 0 aliphatic carbocycles. The number of benzene rings is 2. The molecule has 2 aromatic rings. The maximum Gasteiger partial charge on any atom is 0.279 e. The van der Waals surface area contributed by atoms with E-state index in [9.17, 15) is 4.79 Å². The maximum atomic E-state index is 12.3. The fourth-order valence-electron chi connectivity index (χ4n) is 3.52. The van der Waals surface area contributed by atoms with Gasteiger partial charge in [-0.2, -0.15) is 0 Å². The predicted molar refractivity (Wildman–Crippen MR) is 103 cm³/mol. The number of anilines is 1. The molecule has 0 atom stereocenters. The Morgan fingerprint density at radius 3 is 2.56 bits per heavy atom. The highest BCUT2D eigenvalue weighted by molar-refractivity contribution is 6.31. The van der Waals surface area contributed by atoms with E-state index in [-0.39, 0.29) is 5.91 Å². The van der Waals surface area contributed by atoms with E-state index in [2.05, 4.69) is 35.6 Å². The van der Waals surface area contributed by atoms with Crippen molar-refractivity contribution in [3.05, 3.63) is 64.7 Å². The van der Waals surface area contributed by atoms with Crippen LogP contribution in [0.3, 0.4) is 0 Å². The second-order valence-corrected chi connectivity index (χ2v) is 7.48. The minimum absolute atomic E-state index is 0.0661. The lowest BCUT2D eigenvalue weighted by Crippen LogP contribution is -3.14. The summed E-state index contributed by atoms with van der Waals surface area (Å²) >= 11 is 6.12. The summed E-state index contributed by atoms with van der Waals surface area (Å²) in [5.41, 5.74) is 3.22. The molecule has 0 aromatic heterocycles. The van der Waals surface area contributed by atoms with Gasteiger partial charge in [-0.3, -0.25) is 4.79 Å². The van der Waals surface area contributed by atoms with Gasteiger partial charge in [0.05, 0.1) is 13.1 Å². The molecular formula is C21H26ClN2O+. The van der Waals surface area contributed by atoms with Crippen LogP contribution in [-0.4, -0.2) is 25.5 Å². The molecule has 1 saturated heterocycles. The van der Waals surface area contributed by atoms with E-state index in [4.69, 9.17) is 11.6 Å². The molecule has 3 nitrogen and oxygen atoms in total. The van der Waals surface area contributed by atoms with Crippen molar-refractivity contribution in [1.82, 2.24) is 0 Å². The van der Waals surface area contributed by atoms with E-state index < -0.39 is 0 Å². The van der Waals surface area contributed by atoms with Crippen molar-refractivity contribution >= 4 is 23.2 Å². The molecule has 1 aliphatic rings. The number of amides is 1. The molecule has 1 amide bonds. The zero-order chi connectivity index (χ0) is 17.6. The van der Waals surface area contributed by atoms with E-state index in [0.717, 1.165) is 36.7 Å². The summed E-state index contributed by atoms with van der Waals surface area (Å²) in [5.74, 6) is 0.807. The first-order valence-corrected chi connectivity index (χ1v) is 9.41. The fourth-order valence-corrected chi connectivity index (χ4v) is 3.70. The molecule has 4 heteroatoms. The van der Waals surface area contributed by atoms with Gasteiger partial charge in [0, 0.05) is 10.7 Å². The Balaban J connectivity index is 1.43. The van der Waals surface area contributed by atoms with Gasteiger partial charge < -0.3 is 10.2 Å². The molecule has 25 heavy (non-hydrogen) atoms. The fraction of sp³-hybridized carbons (Fsp3) is 0.381. The van der Waals surface area contributed by atoms with Crippen molar-refractivity contribution in [3.63, 3.8) is 0 Å². The third-order valence-corrected chi connectivity index (χ3v) is 5.45. The van der Waals surface area contributed by atoms with Gasteiger partial charge >= 0.3 is 0 Å². The third-order valence-electron chi connectivity index (χ3n) is 5.05. The van der Waals surface area contributed by atoms with Crippen molar-refractivity contribution in [2.45, 2.75) is 26.2 Å². The number of halogens is 1. The molecule has 3 rings (SSSR count). The normalized spacial score (nSPS) is 20.2. The summed E-state index contributed by atoms with van der Waals surface area (Å²) in [6, 6.07) is 16.3. The highest BCUT2D eigenvalue weighted by Crippen LogP contribution is 2.20. The first-order chi connectivity index (χ1) is 12.1. The summed E-state index contributed by atoms with van der Waals surface area (Å²) in [6.07, 6.45) is 3.53. The van der Waals surface area contributed by atoms with Crippen LogP contribution in [0.4, 0.5) is 5.69 Å². The molecule has 0 bridgehead atoms. The lowest BCUT2D eigenvalue weighted by molar-refractivity contribution is -0.898. The Morgan fingerprint density at radius 2 is 1.88 bits per heavy atom. The molecule has 2 N–H and O–H groups in total. The Hall–Kier alpha value is -1.84. The number of piperidine rings is 1. The van der Waals surface area contributed by atoms with Gasteiger partial charge in [0.15, 0.2) is 6.54 Å². The topological polar surface area (TPSA) is 33.5 Å². The van der Waals surface area contributed by atoms with Crippen molar-refractivity contribution < 1.29 is 9.69 Å². The van der Waals surface area contributed by atoms with Crippen molar-refractivity contribution in [2.75, 3.05) is 25.0 Å². The number of likely N-dealkylation sites (tertiary alicyclic amines) is 1. The number of carbonyl (C=O) groups excluding carboxylic acids is 1. The zero-order valence-corrected chi connectivity index (χ0v) is 15.5. The summed E-state index contributed by atoms with van der Waals surface area (Å²) in [4.78, 5) is 13.6. The van der Waals surface area contributed by atoms with E-state index in [1.54, 1.807) is 0 Å². The monoisotopic (exact) mass is 357 g/mol. The molecular weight excluding hydrogens is 332 g/mol. The summed E-state index contributed by atoms with van der Waals surface area (Å²) in [7, 11) is 0. The van der Waals surface area contributed by atoms with Crippen LogP contribution in [0.2, 0.25) is 5.02 Å². The molecule has 1 aliphatic heterocycles. The quantitative estimate of drug-likeness (QED) is 0.847. The van der Waals surface area contributed by atoms with Crippen LogP contribution in [0.15, 0.2) is 48.5 Å². The zero-order valence-electron chi connectivity index (χ0n) is 14.7. The van der Waals surface area contributed by atoms with Gasteiger partial charge in [0.2, 0.25) is 0 Å². The molecule has 132 valence electrons.